The third-order valence-corrected chi connectivity index (χ3v) is 5.66. The summed E-state index contributed by atoms with van der Waals surface area (Å²) in [5.74, 6) is -4.02. The Morgan fingerprint density at radius 3 is 2.41 bits per heavy atom. The molecule has 2 amide bonds. The maximum Gasteiger partial charge on any atom is 0.269 e. The van der Waals surface area contributed by atoms with E-state index < -0.39 is 23.8 Å². The highest BCUT2D eigenvalue weighted by Gasteiger charge is 2.63. The zero-order chi connectivity index (χ0) is 20.8. The van der Waals surface area contributed by atoms with Crippen LogP contribution in [0.2, 0.25) is 0 Å². The fraction of sp³-hybridized carbons (Fsp3) is 0.381. The van der Waals surface area contributed by atoms with Crippen LogP contribution < -0.4 is 10.6 Å². The summed E-state index contributed by atoms with van der Waals surface area (Å²) in [4.78, 5) is 29.0. The molecule has 3 N–H and O–H groups in total. The molecule has 4 rings (SSSR count). The molecule has 152 valence electrons. The number of pyridine rings is 1. The van der Waals surface area contributed by atoms with Crippen LogP contribution in [0.1, 0.15) is 51.0 Å². The smallest absolute Gasteiger partial charge is 0.269 e. The lowest BCUT2D eigenvalue weighted by Gasteiger charge is -2.16. The number of nitrogens with zero attached hydrogens (tertiary/aromatic N) is 1. The predicted molar refractivity (Wildman–Crippen MR) is 101 cm³/mol. The van der Waals surface area contributed by atoms with E-state index in [9.17, 15) is 23.5 Å². The zero-order valence-electron chi connectivity index (χ0n) is 15.7. The Labute approximate surface area is 166 Å². The van der Waals surface area contributed by atoms with Crippen molar-refractivity contribution < 1.29 is 23.5 Å². The molecule has 6 nitrogen and oxygen atoms in total. The van der Waals surface area contributed by atoms with Crippen LogP contribution in [0.4, 0.5) is 8.78 Å². The molecule has 3 unspecified atom stereocenters. The number of benzene rings is 1. The molecular weight excluding hydrogens is 380 g/mol. The number of amides is 2. The van der Waals surface area contributed by atoms with Gasteiger partial charge < -0.3 is 15.7 Å². The lowest BCUT2D eigenvalue weighted by molar-refractivity contribution is -0.00623. The molecule has 2 fully saturated rings. The average molecular weight is 401 g/mol. The standard InChI is InChI=1S/C21H21F2N3O3/c1-24-20(29)16-8-12(7-15(25-16)18(27)11-5-3-2-4-6-11)19(28)26-17-13-9-21(22,23)10-14(13)17/h2-8,13-14,17-18,27H,9-10H2,1H3,(H,24,29)(H,26,28). The van der Waals surface area contributed by atoms with Gasteiger partial charge in [-0.05, 0) is 29.5 Å². The Kier molecular flexibility index (Phi) is 4.82. The molecule has 1 aromatic heterocycles. The van der Waals surface area contributed by atoms with Gasteiger partial charge in [0.25, 0.3) is 11.8 Å². The molecule has 1 heterocycles. The van der Waals surface area contributed by atoms with E-state index in [4.69, 9.17) is 0 Å². The van der Waals surface area contributed by atoms with Crippen molar-refractivity contribution in [1.29, 1.82) is 0 Å². The van der Waals surface area contributed by atoms with Gasteiger partial charge in [0, 0.05) is 31.5 Å². The first-order valence-corrected chi connectivity index (χ1v) is 9.45. The van der Waals surface area contributed by atoms with E-state index in [-0.39, 0.29) is 47.7 Å². The SMILES string of the molecule is CNC(=O)c1cc(C(=O)NC2C3CC(F)(F)CC32)cc(C(O)c2ccccc2)n1. The van der Waals surface area contributed by atoms with Crippen LogP contribution in [-0.4, -0.2) is 40.9 Å². The van der Waals surface area contributed by atoms with Crippen molar-refractivity contribution in [1.82, 2.24) is 15.6 Å². The van der Waals surface area contributed by atoms with E-state index in [0.717, 1.165) is 0 Å². The second-order valence-corrected chi connectivity index (χ2v) is 7.65. The van der Waals surface area contributed by atoms with Crippen molar-refractivity contribution in [3.8, 4) is 0 Å². The molecule has 8 heteroatoms. The largest absolute Gasteiger partial charge is 0.382 e. The number of aliphatic hydroxyl groups is 1. The number of hydrogen-bond donors (Lipinski definition) is 3. The van der Waals surface area contributed by atoms with E-state index in [2.05, 4.69) is 15.6 Å². The number of alkyl halides is 2. The Balaban J connectivity index is 1.58. The summed E-state index contributed by atoms with van der Waals surface area (Å²) in [5, 5.41) is 15.9. The van der Waals surface area contributed by atoms with Gasteiger partial charge >= 0.3 is 0 Å². The first-order chi connectivity index (χ1) is 13.8. The Bertz CT molecular complexity index is 937. The first-order valence-electron chi connectivity index (χ1n) is 9.45. The molecular formula is C21H21F2N3O3. The Morgan fingerprint density at radius 2 is 1.79 bits per heavy atom. The number of fused-ring (bicyclic) bond motifs is 1. The van der Waals surface area contributed by atoms with Gasteiger partial charge in [0.05, 0.1) is 5.69 Å². The number of aliphatic hydroxyl groups excluding tert-OH is 1. The number of aromatic nitrogens is 1. The third kappa shape index (κ3) is 3.85. The van der Waals surface area contributed by atoms with Gasteiger partial charge in [-0.1, -0.05) is 30.3 Å². The Morgan fingerprint density at radius 1 is 1.14 bits per heavy atom. The fourth-order valence-corrected chi connectivity index (χ4v) is 4.10. The highest BCUT2D eigenvalue weighted by molar-refractivity contribution is 5.99. The molecule has 2 aliphatic rings. The first kappa shape index (κ1) is 19.4. The number of rotatable bonds is 5. The highest BCUT2D eigenvalue weighted by Crippen LogP contribution is 2.58. The van der Waals surface area contributed by atoms with E-state index in [1.54, 1.807) is 30.3 Å². The summed E-state index contributed by atoms with van der Waals surface area (Å²) >= 11 is 0. The summed E-state index contributed by atoms with van der Waals surface area (Å²) in [6.07, 6.45) is -1.53. The minimum Gasteiger partial charge on any atom is -0.382 e. The average Bonchev–Trinajstić information content (AvgIpc) is 3.19. The molecule has 0 radical (unpaired) electrons. The van der Waals surface area contributed by atoms with E-state index in [1.165, 1.54) is 19.2 Å². The molecule has 0 saturated heterocycles. The van der Waals surface area contributed by atoms with Crippen molar-refractivity contribution in [3.63, 3.8) is 0 Å². The van der Waals surface area contributed by atoms with E-state index in [0.29, 0.717) is 5.56 Å². The number of hydrogen-bond acceptors (Lipinski definition) is 4. The lowest BCUT2D eigenvalue weighted by Crippen LogP contribution is -2.32. The molecule has 0 bridgehead atoms. The van der Waals surface area contributed by atoms with E-state index in [1.807, 2.05) is 0 Å². The molecule has 1 aromatic carbocycles. The monoisotopic (exact) mass is 401 g/mol. The fourth-order valence-electron chi connectivity index (χ4n) is 4.10. The second-order valence-electron chi connectivity index (χ2n) is 7.65. The van der Waals surface area contributed by atoms with E-state index >= 15 is 0 Å². The summed E-state index contributed by atoms with van der Waals surface area (Å²) in [5.41, 5.74) is 0.873. The maximum absolute atomic E-state index is 13.3. The zero-order valence-corrected chi connectivity index (χ0v) is 15.7. The summed E-state index contributed by atoms with van der Waals surface area (Å²) in [6.45, 7) is 0. The van der Waals surface area contributed by atoms with Gasteiger partial charge in [-0.15, -0.1) is 0 Å². The maximum atomic E-state index is 13.3. The normalized spacial score (nSPS) is 25.0. The van der Waals surface area contributed by atoms with Gasteiger partial charge in [0.15, 0.2) is 0 Å². The summed E-state index contributed by atoms with van der Waals surface area (Å²) in [6, 6.07) is 11.2. The number of halogens is 2. The van der Waals surface area contributed by atoms with Crippen molar-refractivity contribution in [3.05, 3.63) is 65.0 Å². The van der Waals surface area contributed by atoms with Crippen LogP contribution in [0.25, 0.3) is 0 Å². The van der Waals surface area contributed by atoms with Crippen LogP contribution in [-0.2, 0) is 0 Å². The van der Waals surface area contributed by atoms with Gasteiger partial charge in [-0.25, -0.2) is 13.8 Å². The van der Waals surface area contributed by atoms with Gasteiger partial charge in [-0.3, -0.25) is 9.59 Å². The minimum absolute atomic E-state index is 0.00680. The molecule has 2 saturated carbocycles. The number of nitrogens with one attached hydrogen (secondary N) is 2. The van der Waals surface area contributed by atoms with Gasteiger partial charge in [0.2, 0.25) is 5.92 Å². The van der Waals surface area contributed by atoms with Crippen molar-refractivity contribution >= 4 is 11.8 Å². The van der Waals surface area contributed by atoms with Crippen LogP contribution in [0.5, 0.6) is 0 Å². The van der Waals surface area contributed by atoms with Crippen molar-refractivity contribution in [2.45, 2.75) is 30.9 Å². The van der Waals surface area contributed by atoms with Crippen molar-refractivity contribution in [2.75, 3.05) is 7.05 Å². The molecule has 29 heavy (non-hydrogen) atoms. The Hall–Kier alpha value is -2.87. The quantitative estimate of drug-likeness (QED) is 0.717. The molecule has 2 aliphatic carbocycles. The third-order valence-electron chi connectivity index (χ3n) is 5.66. The summed E-state index contributed by atoms with van der Waals surface area (Å²) < 4.78 is 26.7. The van der Waals surface area contributed by atoms with Crippen LogP contribution in [0, 0.1) is 11.8 Å². The van der Waals surface area contributed by atoms with Gasteiger partial charge in [0.1, 0.15) is 11.8 Å². The van der Waals surface area contributed by atoms with Crippen LogP contribution in [0.3, 0.4) is 0 Å². The lowest BCUT2D eigenvalue weighted by atomic mass is 10.0. The highest BCUT2D eigenvalue weighted by atomic mass is 19.3. The predicted octanol–water partition coefficient (Wildman–Crippen LogP) is 2.30. The molecule has 0 spiro atoms. The minimum atomic E-state index is -2.65. The molecule has 3 atom stereocenters. The van der Waals surface area contributed by atoms with Crippen molar-refractivity contribution in [2.24, 2.45) is 11.8 Å². The molecule has 0 aliphatic heterocycles. The molecule has 2 aromatic rings. The number of carbonyl (C=O) groups is 2. The van der Waals surface area contributed by atoms with Gasteiger partial charge in [-0.2, -0.15) is 0 Å². The second kappa shape index (κ2) is 7.18. The van der Waals surface area contributed by atoms with Crippen LogP contribution >= 0.6 is 0 Å². The van der Waals surface area contributed by atoms with Crippen LogP contribution in [0.15, 0.2) is 42.5 Å². The topological polar surface area (TPSA) is 91.3 Å². The number of carbonyl (C=O) groups excluding carboxylic acids is 2. The summed E-state index contributed by atoms with van der Waals surface area (Å²) in [7, 11) is 1.44.